The van der Waals surface area contributed by atoms with Crippen LogP contribution in [0.3, 0.4) is 0 Å². The zero-order valence-corrected chi connectivity index (χ0v) is 16.5. The van der Waals surface area contributed by atoms with Gasteiger partial charge in [0.15, 0.2) is 11.5 Å². The Morgan fingerprint density at radius 1 is 1.23 bits per heavy atom. The number of fused-ring (bicyclic) bond motifs is 2. The number of amides is 2. The van der Waals surface area contributed by atoms with Gasteiger partial charge in [-0.1, -0.05) is 6.07 Å². The van der Waals surface area contributed by atoms with E-state index in [0.29, 0.717) is 16.4 Å². The van der Waals surface area contributed by atoms with Crippen molar-refractivity contribution >= 4 is 29.3 Å². The minimum absolute atomic E-state index is 0.102. The van der Waals surface area contributed by atoms with Crippen LogP contribution in [0.5, 0.6) is 11.5 Å². The first kappa shape index (κ1) is 20.4. The summed E-state index contributed by atoms with van der Waals surface area (Å²) in [6.07, 6.45) is -4.60. The van der Waals surface area contributed by atoms with Gasteiger partial charge in [0.2, 0.25) is 18.6 Å². The third-order valence-corrected chi connectivity index (χ3v) is 6.05. The van der Waals surface area contributed by atoms with E-state index in [0.717, 1.165) is 29.5 Å². The molecule has 0 bridgehead atoms. The highest BCUT2D eigenvalue weighted by atomic mass is 32.2. The van der Waals surface area contributed by atoms with Crippen LogP contribution in [-0.4, -0.2) is 23.9 Å². The molecule has 2 atom stereocenters. The number of ether oxygens (including phenoxy) is 2. The lowest BCUT2D eigenvalue weighted by Gasteiger charge is -2.25. The number of hydrogen-bond donors (Lipinski definition) is 2. The van der Waals surface area contributed by atoms with Crippen molar-refractivity contribution in [2.24, 2.45) is 0 Å². The van der Waals surface area contributed by atoms with Crippen molar-refractivity contribution in [2.75, 3.05) is 12.1 Å². The fraction of sp³-hybridized carbons (Fsp3) is 0.300. The molecule has 0 spiro atoms. The fourth-order valence-corrected chi connectivity index (χ4v) is 4.29. The number of carbonyl (C=O) groups excluding carboxylic acids is 2. The molecule has 2 aromatic rings. The van der Waals surface area contributed by atoms with Crippen LogP contribution in [-0.2, 0) is 15.8 Å². The predicted octanol–water partition coefficient (Wildman–Crippen LogP) is 4.11. The molecule has 0 saturated carbocycles. The third-order valence-electron chi connectivity index (χ3n) is 4.77. The molecule has 6 nitrogen and oxygen atoms in total. The molecule has 0 fully saturated rings. The summed E-state index contributed by atoms with van der Waals surface area (Å²) in [6, 6.07) is 8.20. The van der Waals surface area contributed by atoms with Crippen LogP contribution in [0.1, 0.15) is 30.5 Å². The van der Waals surface area contributed by atoms with Gasteiger partial charge < -0.3 is 20.1 Å². The van der Waals surface area contributed by atoms with Gasteiger partial charge in [-0.05, 0) is 42.8 Å². The van der Waals surface area contributed by atoms with Crippen molar-refractivity contribution in [3.05, 3.63) is 47.5 Å². The Hall–Kier alpha value is -2.88. The maximum Gasteiger partial charge on any atom is 0.416 e. The second-order valence-corrected chi connectivity index (χ2v) is 8.16. The number of carbonyl (C=O) groups is 2. The Bertz CT molecular complexity index is 1010. The summed E-state index contributed by atoms with van der Waals surface area (Å²) in [5.41, 5.74) is 0.0829. The third kappa shape index (κ3) is 4.18. The topological polar surface area (TPSA) is 76.7 Å². The van der Waals surface area contributed by atoms with Crippen LogP contribution in [0.2, 0.25) is 0 Å². The number of halogens is 3. The molecule has 0 aromatic heterocycles. The lowest BCUT2D eigenvalue weighted by Crippen LogP contribution is -2.35. The fourth-order valence-electron chi connectivity index (χ4n) is 3.20. The van der Waals surface area contributed by atoms with Gasteiger partial charge >= 0.3 is 6.18 Å². The smallest absolute Gasteiger partial charge is 0.416 e. The highest BCUT2D eigenvalue weighted by Gasteiger charge is 2.34. The lowest BCUT2D eigenvalue weighted by molar-refractivity contribution is -0.137. The van der Waals surface area contributed by atoms with Crippen LogP contribution in [0, 0.1) is 0 Å². The van der Waals surface area contributed by atoms with E-state index in [2.05, 4.69) is 10.6 Å². The number of thioether (sulfide) groups is 1. The first-order chi connectivity index (χ1) is 14.2. The molecule has 2 unspecified atom stereocenters. The molecule has 0 aliphatic carbocycles. The Morgan fingerprint density at radius 3 is 2.77 bits per heavy atom. The molecular formula is C20H17F3N2O4S. The average Bonchev–Trinajstić information content (AvgIpc) is 3.15. The minimum atomic E-state index is -4.49. The summed E-state index contributed by atoms with van der Waals surface area (Å²) in [7, 11) is 0. The second kappa shape index (κ2) is 7.75. The molecule has 2 aromatic carbocycles. The molecule has 4 rings (SSSR count). The van der Waals surface area contributed by atoms with Crippen molar-refractivity contribution in [3.63, 3.8) is 0 Å². The van der Waals surface area contributed by atoms with E-state index in [4.69, 9.17) is 9.47 Å². The number of hydrogen-bond acceptors (Lipinski definition) is 5. The highest BCUT2D eigenvalue weighted by molar-refractivity contribution is 8.01. The average molecular weight is 438 g/mol. The number of alkyl halides is 3. The van der Waals surface area contributed by atoms with Crippen LogP contribution in [0.4, 0.5) is 18.9 Å². The summed E-state index contributed by atoms with van der Waals surface area (Å²) in [5, 5.41) is 4.56. The van der Waals surface area contributed by atoms with Crippen LogP contribution < -0.4 is 20.1 Å². The van der Waals surface area contributed by atoms with Gasteiger partial charge in [0, 0.05) is 11.3 Å². The van der Waals surface area contributed by atoms with E-state index in [1.165, 1.54) is 6.07 Å². The molecule has 158 valence electrons. The van der Waals surface area contributed by atoms with E-state index >= 15 is 0 Å². The van der Waals surface area contributed by atoms with E-state index < -0.39 is 22.9 Å². The maximum absolute atomic E-state index is 12.9. The van der Waals surface area contributed by atoms with E-state index in [-0.39, 0.29) is 30.9 Å². The number of anilines is 1. The second-order valence-electron chi connectivity index (χ2n) is 6.91. The van der Waals surface area contributed by atoms with Crippen molar-refractivity contribution in [1.82, 2.24) is 5.32 Å². The van der Waals surface area contributed by atoms with Crippen molar-refractivity contribution in [1.29, 1.82) is 0 Å². The monoisotopic (exact) mass is 438 g/mol. The van der Waals surface area contributed by atoms with Gasteiger partial charge in [-0.3, -0.25) is 9.59 Å². The molecule has 2 amide bonds. The molecule has 10 heteroatoms. The van der Waals surface area contributed by atoms with Gasteiger partial charge in [-0.25, -0.2) is 0 Å². The summed E-state index contributed by atoms with van der Waals surface area (Å²) >= 11 is 1.08. The first-order valence-electron chi connectivity index (χ1n) is 9.08. The van der Waals surface area contributed by atoms with Crippen molar-refractivity contribution < 1.29 is 32.2 Å². The van der Waals surface area contributed by atoms with Gasteiger partial charge in [0.1, 0.15) is 0 Å². The number of rotatable bonds is 4. The number of nitrogens with one attached hydrogen (secondary N) is 2. The molecule has 2 aliphatic rings. The van der Waals surface area contributed by atoms with E-state index in [9.17, 15) is 22.8 Å². The van der Waals surface area contributed by atoms with Crippen LogP contribution in [0.15, 0.2) is 41.3 Å². The molecule has 2 heterocycles. The Balaban J connectivity index is 1.39. The van der Waals surface area contributed by atoms with Crippen molar-refractivity contribution in [3.8, 4) is 11.5 Å². The SMILES string of the molecule is CC(NC(=O)CC1Sc2ccc(C(F)(F)F)cc2NC1=O)c1ccc2c(c1)OCO2. The molecule has 0 radical (unpaired) electrons. The summed E-state index contributed by atoms with van der Waals surface area (Å²) in [5.74, 6) is 0.395. The molecule has 0 saturated heterocycles. The highest BCUT2D eigenvalue weighted by Crippen LogP contribution is 2.40. The van der Waals surface area contributed by atoms with Gasteiger partial charge in [-0.2, -0.15) is 13.2 Å². The summed E-state index contributed by atoms with van der Waals surface area (Å²) < 4.78 is 49.1. The van der Waals surface area contributed by atoms with Crippen LogP contribution >= 0.6 is 11.8 Å². The zero-order valence-electron chi connectivity index (χ0n) is 15.7. The summed E-state index contributed by atoms with van der Waals surface area (Å²) in [6.45, 7) is 1.96. The normalized spacial score (nSPS) is 18.4. The van der Waals surface area contributed by atoms with E-state index in [1.54, 1.807) is 19.1 Å². The predicted molar refractivity (Wildman–Crippen MR) is 103 cm³/mol. The lowest BCUT2D eigenvalue weighted by atomic mass is 10.1. The quantitative estimate of drug-likeness (QED) is 0.751. The minimum Gasteiger partial charge on any atom is -0.454 e. The van der Waals surface area contributed by atoms with E-state index in [1.807, 2.05) is 6.07 Å². The standard InChI is InChI=1S/C20H17F3N2O4S/c1-10(11-2-4-14-15(6-11)29-9-28-14)24-18(26)8-17-19(27)25-13-7-12(20(21,22)23)3-5-16(13)30-17/h2-7,10,17H,8-9H2,1H3,(H,24,26)(H,25,27). The Morgan fingerprint density at radius 2 is 2.00 bits per heavy atom. The van der Waals surface area contributed by atoms with Gasteiger partial charge in [0.05, 0.1) is 22.5 Å². The maximum atomic E-state index is 12.9. The van der Waals surface area contributed by atoms with Crippen molar-refractivity contribution in [2.45, 2.75) is 35.7 Å². The largest absolute Gasteiger partial charge is 0.454 e. The van der Waals surface area contributed by atoms with Gasteiger partial charge in [-0.15, -0.1) is 11.8 Å². The van der Waals surface area contributed by atoms with Gasteiger partial charge in [0.25, 0.3) is 0 Å². The molecule has 30 heavy (non-hydrogen) atoms. The molecule has 2 N–H and O–H groups in total. The Kier molecular flexibility index (Phi) is 5.27. The summed E-state index contributed by atoms with van der Waals surface area (Å²) in [4.78, 5) is 25.3. The number of benzene rings is 2. The molecular weight excluding hydrogens is 421 g/mol. The first-order valence-corrected chi connectivity index (χ1v) is 9.96. The molecule has 2 aliphatic heterocycles. The van der Waals surface area contributed by atoms with Crippen LogP contribution in [0.25, 0.3) is 0 Å². The Labute approximate surface area is 174 Å². The zero-order chi connectivity index (χ0) is 21.5.